The van der Waals surface area contributed by atoms with E-state index in [1.165, 1.54) is 18.3 Å². The molecule has 32 heavy (non-hydrogen) atoms. The van der Waals surface area contributed by atoms with E-state index in [4.69, 9.17) is 4.74 Å². The molecule has 0 spiro atoms. The summed E-state index contributed by atoms with van der Waals surface area (Å²) < 4.78 is 30.7. The van der Waals surface area contributed by atoms with Crippen LogP contribution >= 0.6 is 0 Å². The lowest BCUT2D eigenvalue weighted by molar-refractivity contribution is 0.0734. The zero-order valence-electron chi connectivity index (χ0n) is 17.2. The molecule has 0 heterocycles. The average molecular weight is 445 g/mol. The van der Waals surface area contributed by atoms with Crippen LogP contribution in [0.4, 0.5) is 0 Å². The van der Waals surface area contributed by atoms with Crippen molar-refractivity contribution in [3.05, 3.63) is 108 Å². The Morgan fingerprint density at radius 1 is 0.875 bits per heavy atom. The van der Waals surface area contributed by atoms with E-state index >= 15 is 0 Å². The standard InChI is InChI=1S/C25H20N2O4S/c1-18-11-14-21(15-12-18)32(29,30)27-26-17-23-22-10-6-5-7-19(22)13-16-24(23)31-25(28)20-8-3-2-4-9-20/h2-17,27H,1H3/b26-17+. The van der Waals surface area contributed by atoms with Crippen molar-refractivity contribution in [3.63, 3.8) is 0 Å². The number of benzene rings is 4. The molecule has 0 amide bonds. The summed E-state index contributed by atoms with van der Waals surface area (Å²) in [5.74, 6) is -0.244. The molecule has 0 saturated heterocycles. The molecular formula is C25H20N2O4S. The van der Waals surface area contributed by atoms with E-state index in [-0.39, 0.29) is 10.6 Å². The highest BCUT2D eigenvalue weighted by molar-refractivity contribution is 7.89. The fourth-order valence-electron chi connectivity index (χ4n) is 3.16. The third-order valence-corrected chi connectivity index (χ3v) is 6.08. The zero-order valence-corrected chi connectivity index (χ0v) is 18.0. The number of nitrogens with zero attached hydrogens (tertiary/aromatic N) is 1. The van der Waals surface area contributed by atoms with Gasteiger partial charge in [-0.05, 0) is 48.0 Å². The summed E-state index contributed by atoms with van der Waals surface area (Å²) in [5.41, 5.74) is 1.84. The van der Waals surface area contributed by atoms with Crippen molar-refractivity contribution in [3.8, 4) is 5.75 Å². The highest BCUT2D eigenvalue weighted by Crippen LogP contribution is 2.27. The second-order valence-corrected chi connectivity index (χ2v) is 8.78. The molecule has 7 heteroatoms. The Bertz CT molecular complexity index is 1400. The monoisotopic (exact) mass is 444 g/mol. The first kappa shape index (κ1) is 21.3. The van der Waals surface area contributed by atoms with E-state index in [0.717, 1.165) is 16.3 Å². The molecule has 4 aromatic rings. The van der Waals surface area contributed by atoms with Gasteiger partial charge >= 0.3 is 5.97 Å². The lowest BCUT2D eigenvalue weighted by Gasteiger charge is -2.11. The van der Waals surface area contributed by atoms with Crippen molar-refractivity contribution in [1.82, 2.24) is 4.83 Å². The normalized spacial score (nSPS) is 11.5. The molecule has 0 aliphatic rings. The number of sulfonamides is 1. The lowest BCUT2D eigenvalue weighted by Crippen LogP contribution is -2.18. The number of hydrogen-bond donors (Lipinski definition) is 1. The van der Waals surface area contributed by atoms with Gasteiger partial charge in [-0.3, -0.25) is 0 Å². The molecule has 0 atom stereocenters. The predicted molar refractivity (Wildman–Crippen MR) is 124 cm³/mol. The summed E-state index contributed by atoms with van der Waals surface area (Å²) in [5, 5.41) is 5.61. The zero-order chi connectivity index (χ0) is 22.6. The number of aryl methyl sites for hydroxylation is 1. The summed E-state index contributed by atoms with van der Waals surface area (Å²) >= 11 is 0. The number of ether oxygens (including phenoxy) is 1. The number of rotatable bonds is 6. The summed E-state index contributed by atoms with van der Waals surface area (Å²) in [4.78, 5) is 14.9. The predicted octanol–water partition coefficient (Wildman–Crippen LogP) is 4.68. The SMILES string of the molecule is Cc1ccc(S(=O)(=O)N/N=C/c2c(OC(=O)c3ccccc3)ccc3ccccc23)cc1. The second-order valence-electron chi connectivity index (χ2n) is 7.12. The van der Waals surface area contributed by atoms with Gasteiger partial charge < -0.3 is 4.74 Å². The summed E-state index contributed by atoms with van der Waals surface area (Å²) in [6, 6.07) is 26.1. The van der Waals surface area contributed by atoms with Crippen LogP contribution in [0.5, 0.6) is 5.75 Å². The van der Waals surface area contributed by atoms with Gasteiger partial charge in [0, 0.05) is 5.56 Å². The fraction of sp³-hybridized carbons (Fsp3) is 0.0400. The fourth-order valence-corrected chi connectivity index (χ4v) is 3.95. The van der Waals surface area contributed by atoms with Crippen LogP contribution < -0.4 is 9.57 Å². The first-order valence-corrected chi connectivity index (χ1v) is 11.3. The summed E-state index contributed by atoms with van der Waals surface area (Å²) in [7, 11) is -3.84. The first-order valence-electron chi connectivity index (χ1n) is 9.84. The quantitative estimate of drug-likeness (QED) is 0.203. The molecule has 0 aliphatic heterocycles. The van der Waals surface area contributed by atoms with Crippen LogP contribution in [0.25, 0.3) is 10.8 Å². The van der Waals surface area contributed by atoms with E-state index in [9.17, 15) is 13.2 Å². The number of esters is 1. The molecule has 0 bridgehead atoms. The Kier molecular flexibility index (Phi) is 6.00. The number of hydrogen-bond acceptors (Lipinski definition) is 5. The number of carbonyl (C=O) groups is 1. The Balaban J connectivity index is 1.66. The van der Waals surface area contributed by atoms with Crippen LogP contribution in [-0.4, -0.2) is 20.6 Å². The average Bonchev–Trinajstić information content (AvgIpc) is 2.81. The van der Waals surface area contributed by atoms with Gasteiger partial charge in [-0.15, -0.1) is 0 Å². The van der Waals surface area contributed by atoms with Crippen LogP contribution in [0.3, 0.4) is 0 Å². The van der Waals surface area contributed by atoms with E-state index in [1.54, 1.807) is 42.5 Å². The molecule has 4 aromatic carbocycles. The molecule has 1 N–H and O–H groups in total. The summed E-state index contributed by atoms with van der Waals surface area (Å²) in [6.07, 6.45) is 1.35. The maximum Gasteiger partial charge on any atom is 0.343 e. The Morgan fingerprint density at radius 3 is 2.31 bits per heavy atom. The van der Waals surface area contributed by atoms with Gasteiger partial charge in [-0.25, -0.2) is 9.63 Å². The van der Waals surface area contributed by atoms with Gasteiger partial charge in [0.1, 0.15) is 5.75 Å². The molecule has 0 aliphatic carbocycles. The van der Waals surface area contributed by atoms with Crippen molar-refractivity contribution in [2.45, 2.75) is 11.8 Å². The van der Waals surface area contributed by atoms with Crippen LogP contribution in [-0.2, 0) is 10.0 Å². The van der Waals surface area contributed by atoms with Gasteiger partial charge in [-0.1, -0.05) is 66.2 Å². The van der Waals surface area contributed by atoms with Crippen molar-refractivity contribution in [2.24, 2.45) is 5.10 Å². The van der Waals surface area contributed by atoms with Crippen LogP contribution in [0.15, 0.2) is 101 Å². The Hall–Kier alpha value is -3.97. The molecular weight excluding hydrogens is 424 g/mol. The molecule has 0 radical (unpaired) electrons. The van der Waals surface area contributed by atoms with Crippen LogP contribution in [0.1, 0.15) is 21.5 Å². The largest absolute Gasteiger partial charge is 0.422 e. The maximum absolute atomic E-state index is 12.6. The number of hydrazone groups is 1. The highest BCUT2D eigenvalue weighted by Gasteiger charge is 2.15. The minimum atomic E-state index is -3.84. The van der Waals surface area contributed by atoms with Crippen molar-refractivity contribution < 1.29 is 17.9 Å². The highest BCUT2D eigenvalue weighted by atomic mass is 32.2. The lowest BCUT2D eigenvalue weighted by atomic mass is 10.0. The molecule has 6 nitrogen and oxygen atoms in total. The molecule has 0 saturated carbocycles. The Labute approximate surface area is 186 Å². The third kappa shape index (κ3) is 4.68. The van der Waals surface area contributed by atoms with Crippen LogP contribution in [0, 0.1) is 6.92 Å². The maximum atomic E-state index is 12.6. The minimum absolute atomic E-state index is 0.105. The molecule has 0 fully saturated rings. The van der Waals surface area contributed by atoms with Gasteiger partial charge in [-0.2, -0.15) is 13.5 Å². The van der Waals surface area contributed by atoms with Gasteiger partial charge in [0.15, 0.2) is 0 Å². The minimum Gasteiger partial charge on any atom is -0.422 e. The molecule has 160 valence electrons. The first-order chi connectivity index (χ1) is 15.4. The number of nitrogens with one attached hydrogen (secondary N) is 1. The van der Waals surface area contributed by atoms with E-state index < -0.39 is 16.0 Å². The Morgan fingerprint density at radius 2 is 1.56 bits per heavy atom. The second kappa shape index (κ2) is 9.03. The number of fused-ring (bicyclic) bond motifs is 1. The smallest absolute Gasteiger partial charge is 0.343 e. The van der Waals surface area contributed by atoms with Crippen molar-refractivity contribution in [1.29, 1.82) is 0 Å². The van der Waals surface area contributed by atoms with Crippen molar-refractivity contribution >= 4 is 33.0 Å². The van der Waals surface area contributed by atoms with Gasteiger partial charge in [0.05, 0.1) is 16.7 Å². The molecule has 0 aromatic heterocycles. The van der Waals surface area contributed by atoms with Crippen molar-refractivity contribution in [2.75, 3.05) is 0 Å². The van der Waals surface area contributed by atoms with E-state index in [2.05, 4.69) is 9.93 Å². The van der Waals surface area contributed by atoms with E-state index in [1.807, 2.05) is 43.3 Å². The number of carbonyl (C=O) groups excluding carboxylic acids is 1. The molecule has 0 unspecified atom stereocenters. The van der Waals surface area contributed by atoms with E-state index in [0.29, 0.717) is 11.1 Å². The van der Waals surface area contributed by atoms with Gasteiger partial charge in [0.2, 0.25) is 0 Å². The third-order valence-electron chi connectivity index (χ3n) is 4.84. The topological polar surface area (TPSA) is 84.8 Å². The van der Waals surface area contributed by atoms with Crippen LogP contribution in [0.2, 0.25) is 0 Å². The summed E-state index contributed by atoms with van der Waals surface area (Å²) in [6.45, 7) is 1.88. The molecule has 4 rings (SSSR count). The van der Waals surface area contributed by atoms with Gasteiger partial charge in [0.25, 0.3) is 10.0 Å².